The summed E-state index contributed by atoms with van der Waals surface area (Å²) in [6.45, 7) is -1.79. The van der Waals surface area contributed by atoms with Crippen LogP contribution in [-0.4, -0.2) is 45.1 Å². The van der Waals surface area contributed by atoms with Crippen molar-refractivity contribution in [1.82, 2.24) is 19.5 Å². The number of rotatable bonds is 4. The molecule has 0 radical (unpaired) electrons. The number of nitrogens with zero attached hydrogens (tertiary/aromatic N) is 4. The Bertz CT molecular complexity index is 960. The number of hydrogen-bond acceptors (Lipinski definition) is 4. The summed E-state index contributed by atoms with van der Waals surface area (Å²) < 4.78 is 31.2. The Balaban J connectivity index is 1.53. The van der Waals surface area contributed by atoms with Crippen LogP contribution in [0.3, 0.4) is 0 Å². The van der Waals surface area contributed by atoms with Crippen LogP contribution >= 0.6 is 0 Å². The van der Waals surface area contributed by atoms with Gasteiger partial charge in [-0.05, 0) is 43.2 Å². The number of ether oxygens (including phenoxy) is 1. The van der Waals surface area contributed by atoms with Crippen LogP contribution in [0.4, 0.5) is 8.78 Å². The first-order valence-corrected chi connectivity index (χ1v) is 8.75. The zero-order valence-electron chi connectivity index (χ0n) is 14.5. The van der Waals surface area contributed by atoms with E-state index in [1.165, 1.54) is 12.1 Å². The standard InChI is InChI=1S/C19H18F2N4O2/c20-19(21)27-15-7-3-5-13(11-15)18(26)24-9-4-6-14(12-24)17-23-22-16-8-1-2-10-25(16)17/h1-3,5,7-8,10-11,14,19H,4,6,9,12H2. The fraction of sp³-hybridized carbons (Fsp3) is 0.316. The molecule has 27 heavy (non-hydrogen) atoms. The van der Waals surface area contributed by atoms with Gasteiger partial charge in [-0.25, -0.2) is 0 Å². The number of carbonyl (C=O) groups is 1. The van der Waals surface area contributed by atoms with Crippen molar-refractivity contribution in [2.24, 2.45) is 0 Å². The van der Waals surface area contributed by atoms with Gasteiger partial charge in [0.1, 0.15) is 11.6 Å². The van der Waals surface area contributed by atoms with Crippen LogP contribution in [0.5, 0.6) is 5.75 Å². The van der Waals surface area contributed by atoms with E-state index in [-0.39, 0.29) is 17.6 Å². The summed E-state index contributed by atoms with van der Waals surface area (Å²) in [5.74, 6) is 0.680. The Hall–Kier alpha value is -3.03. The average molecular weight is 372 g/mol. The first-order valence-electron chi connectivity index (χ1n) is 8.75. The summed E-state index contributed by atoms with van der Waals surface area (Å²) in [7, 11) is 0. The zero-order chi connectivity index (χ0) is 18.8. The molecule has 1 atom stereocenters. The van der Waals surface area contributed by atoms with Gasteiger partial charge in [-0.15, -0.1) is 10.2 Å². The highest BCUT2D eigenvalue weighted by Crippen LogP contribution is 2.27. The first kappa shape index (κ1) is 17.4. The predicted molar refractivity (Wildman–Crippen MR) is 93.9 cm³/mol. The van der Waals surface area contributed by atoms with Gasteiger partial charge in [-0.1, -0.05) is 12.1 Å². The normalized spacial score (nSPS) is 17.4. The number of likely N-dealkylation sites (tertiary alicyclic amines) is 1. The molecule has 1 saturated heterocycles. The molecule has 140 valence electrons. The third kappa shape index (κ3) is 3.60. The number of fused-ring (bicyclic) bond motifs is 1. The Morgan fingerprint density at radius 3 is 2.93 bits per heavy atom. The van der Waals surface area contributed by atoms with Crippen molar-refractivity contribution in [2.45, 2.75) is 25.4 Å². The van der Waals surface area contributed by atoms with E-state index in [1.807, 2.05) is 28.8 Å². The Morgan fingerprint density at radius 1 is 1.19 bits per heavy atom. The lowest BCUT2D eigenvalue weighted by atomic mass is 9.96. The van der Waals surface area contributed by atoms with Crippen molar-refractivity contribution in [3.05, 3.63) is 60.0 Å². The maximum atomic E-state index is 12.9. The van der Waals surface area contributed by atoms with E-state index < -0.39 is 6.61 Å². The number of piperidine rings is 1. The lowest BCUT2D eigenvalue weighted by Crippen LogP contribution is -2.39. The molecule has 3 aromatic rings. The van der Waals surface area contributed by atoms with Crippen LogP contribution in [0.2, 0.25) is 0 Å². The molecule has 1 fully saturated rings. The molecule has 1 aliphatic heterocycles. The summed E-state index contributed by atoms with van der Waals surface area (Å²) in [6.07, 6.45) is 3.66. The van der Waals surface area contributed by atoms with Gasteiger partial charge in [0.25, 0.3) is 5.91 Å². The minimum absolute atomic E-state index is 0.0205. The minimum Gasteiger partial charge on any atom is -0.435 e. The van der Waals surface area contributed by atoms with Crippen molar-refractivity contribution in [1.29, 1.82) is 0 Å². The van der Waals surface area contributed by atoms with E-state index in [2.05, 4.69) is 14.9 Å². The average Bonchev–Trinajstić information content (AvgIpc) is 3.11. The van der Waals surface area contributed by atoms with Gasteiger partial charge in [0.05, 0.1) is 0 Å². The van der Waals surface area contributed by atoms with Gasteiger partial charge in [0, 0.05) is 30.8 Å². The highest BCUT2D eigenvalue weighted by atomic mass is 19.3. The molecule has 0 saturated carbocycles. The highest BCUT2D eigenvalue weighted by Gasteiger charge is 2.28. The van der Waals surface area contributed by atoms with Gasteiger partial charge < -0.3 is 9.64 Å². The molecular weight excluding hydrogens is 354 g/mol. The highest BCUT2D eigenvalue weighted by molar-refractivity contribution is 5.94. The van der Waals surface area contributed by atoms with Crippen molar-refractivity contribution in [2.75, 3.05) is 13.1 Å². The van der Waals surface area contributed by atoms with Crippen molar-refractivity contribution in [3.63, 3.8) is 0 Å². The van der Waals surface area contributed by atoms with Gasteiger partial charge in [0.15, 0.2) is 5.65 Å². The summed E-state index contributed by atoms with van der Waals surface area (Å²) in [6, 6.07) is 11.6. The van der Waals surface area contributed by atoms with Gasteiger partial charge >= 0.3 is 6.61 Å². The van der Waals surface area contributed by atoms with Crippen LogP contribution in [-0.2, 0) is 0 Å². The summed E-state index contributed by atoms with van der Waals surface area (Å²) in [5.41, 5.74) is 1.10. The molecule has 0 spiro atoms. The SMILES string of the molecule is O=C(c1cccc(OC(F)F)c1)N1CCCC(c2nnc3ccccn23)C1. The number of pyridine rings is 1. The van der Waals surface area contributed by atoms with Gasteiger partial charge in [-0.3, -0.25) is 9.20 Å². The molecule has 0 aliphatic carbocycles. The number of hydrogen-bond donors (Lipinski definition) is 0. The lowest BCUT2D eigenvalue weighted by molar-refractivity contribution is -0.0499. The monoisotopic (exact) mass is 372 g/mol. The van der Waals surface area contributed by atoms with Gasteiger partial charge in [-0.2, -0.15) is 8.78 Å². The Labute approximate surface area is 154 Å². The third-order valence-electron chi connectivity index (χ3n) is 4.72. The second-order valence-electron chi connectivity index (χ2n) is 6.48. The van der Waals surface area contributed by atoms with Crippen molar-refractivity contribution >= 4 is 11.6 Å². The zero-order valence-corrected chi connectivity index (χ0v) is 14.5. The molecule has 8 heteroatoms. The Kier molecular flexibility index (Phi) is 4.70. The third-order valence-corrected chi connectivity index (χ3v) is 4.72. The number of aromatic nitrogens is 3. The molecule has 1 amide bonds. The molecule has 4 rings (SSSR count). The fourth-order valence-electron chi connectivity index (χ4n) is 3.50. The second-order valence-corrected chi connectivity index (χ2v) is 6.48. The predicted octanol–water partition coefficient (Wildman–Crippen LogP) is 3.35. The fourth-order valence-corrected chi connectivity index (χ4v) is 3.50. The molecule has 1 aliphatic rings. The molecule has 0 N–H and O–H groups in total. The smallest absolute Gasteiger partial charge is 0.387 e. The van der Waals surface area contributed by atoms with Crippen LogP contribution < -0.4 is 4.74 Å². The van der Waals surface area contributed by atoms with Crippen LogP contribution in [0.1, 0.15) is 34.9 Å². The maximum absolute atomic E-state index is 12.9. The number of alkyl halides is 2. The number of carbonyl (C=O) groups excluding carboxylic acids is 1. The Morgan fingerprint density at radius 2 is 2.07 bits per heavy atom. The van der Waals surface area contributed by atoms with E-state index >= 15 is 0 Å². The van der Waals surface area contributed by atoms with E-state index in [0.717, 1.165) is 24.3 Å². The molecular formula is C19H18F2N4O2. The topological polar surface area (TPSA) is 59.7 Å². The summed E-state index contributed by atoms with van der Waals surface area (Å²) in [4.78, 5) is 14.6. The van der Waals surface area contributed by atoms with Crippen LogP contribution in [0.25, 0.3) is 5.65 Å². The molecule has 2 aromatic heterocycles. The van der Waals surface area contributed by atoms with Crippen molar-refractivity contribution < 1.29 is 18.3 Å². The van der Waals surface area contributed by atoms with E-state index in [9.17, 15) is 13.6 Å². The minimum atomic E-state index is -2.92. The molecule has 1 unspecified atom stereocenters. The van der Waals surface area contributed by atoms with Crippen LogP contribution in [0.15, 0.2) is 48.7 Å². The lowest BCUT2D eigenvalue weighted by Gasteiger charge is -2.32. The molecule has 0 bridgehead atoms. The molecule has 1 aromatic carbocycles. The molecule has 6 nitrogen and oxygen atoms in total. The van der Waals surface area contributed by atoms with Crippen LogP contribution in [0, 0.1) is 0 Å². The number of benzene rings is 1. The summed E-state index contributed by atoms with van der Waals surface area (Å²) >= 11 is 0. The summed E-state index contributed by atoms with van der Waals surface area (Å²) in [5, 5.41) is 8.49. The van der Waals surface area contributed by atoms with E-state index in [4.69, 9.17) is 0 Å². The largest absolute Gasteiger partial charge is 0.435 e. The van der Waals surface area contributed by atoms with Gasteiger partial charge in [0.2, 0.25) is 0 Å². The second kappa shape index (κ2) is 7.30. The maximum Gasteiger partial charge on any atom is 0.387 e. The van der Waals surface area contributed by atoms with Crippen molar-refractivity contribution in [3.8, 4) is 5.75 Å². The number of amides is 1. The quantitative estimate of drug-likeness (QED) is 0.705. The van der Waals surface area contributed by atoms with E-state index in [0.29, 0.717) is 18.7 Å². The number of halogens is 2. The first-order chi connectivity index (χ1) is 13.1. The van der Waals surface area contributed by atoms with E-state index in [1.54, 1.807) is 17.0 Å². The molecule has 3 heterocycles.